The first-order valence-corrected chi connectivity index (χ1v) is 44.7. The minimum absolute atomic E-state index is 1.10. The van der Waals surface area contributed by atoms with Gasteiger partial charge < -0.3 is 18.9 Å². The van der Waals surface area contributed by atoms with Crippen LogP contribution in [0.3, 0.4) is 0 Å². The number of hydrogen-bond acceptors (Lipinski definition) is 2. The van der Waals surface area contributed by atoms with E-state index in [2.05, 4.69) is 529 Å². The molecule has 0 radical (unpaired) electrons. The van der Waals surface area contributed by atoms with Gasteiger partial charge >= 0.3 is 0 Å². The number of anilines is 6. The summed E-state index contributed by atoms with van der Waals surface area (Å²) in [5.41, 5.74) is 30.5. The lowest BCUT2D eigenvalue weighted by Gasteiger charge is -2.26. The highest BCUT2D eigenvalue weighted by molar-refractivity contribution is 6.27. The second-order valence-corrected chi connectivity index (χ2v) is 33.8. The van der Waals surface area contributed by atoms with Crippen LogP contribution < -0.4 is 9.80 Å². The molecule has 0 aliphatic heterocycles. The van der Waals surface area contributed by atoms with E-state index in [0.29, 0.717) is 0 Å². The molecule has 0 fully saturated rings. The fraction of sp³-hybridized carbons (Fsp3) is 0. The standard InChI is InChI=1S/C66H44N2.C60H40N2/c1-4-14-45(15-5-1)47-24-33-54(34-25-47)67(53-18-8-3-9-19-53)55-35-26-49(27-36-55)52-32-41-66-64(44-52)63-43-51(46-16-6-2-7-17-46)31-40-65(63)68(66)56-37-28-48(29-38-56)50-30-39-61-59-22-11-10-20-57(59)58-21-12-13-23-60(58)62(61)42-50;1-3-13-41(14-4-1)42-23-31-48(32-24-42)61(47-15-5-2-6-16-47)49-33-25-44(26-34-49)46-30-38-60-58(40-46)56-21-11-12-22-59(56)62(60)50-35-27-43(28-36-50)45-29-37-55-53-19-8-7-17-51(53)52-18-9-10-20-54(52)57(55)39-45/h1-44H;1-40H. The Hall–Kier alpha value is -17.2. The van der Waals surface area contributed by atoms with Gasteiger partial charge in [-0.2, -0.15) is 0 Å². The number of hydrogen-bond donors (Lipinski definition) is 0. The molecule has 0 aliphatic carbocycles. The second-order valence-electron chi connectivity index (χ2n) is 33.8. The van der Waals surface area contributed by atoms with E-state index in [1.807, 2.05) is 0 Å². The maximum Gasteiger partial charge on any atom is 0.0541 e. The van der Waals surface area contributed by atoms with E-state index in [1.165, 1.54) is 186 Å². The molecular formula is C126H84N4. The van der Waals surface area contributed by atoms with Gasteiger partial charge in [-0.15, -0.1) is 0 Å². The van der Waals surface area contributed by atoms with Crippen molar-refractivity contribution in [1.82, 2.24) is 9.13 Å². The van der Waals surface area contributed by atoms with Gasteiger partial charge in [0.15, 0.2) is 0 Å². The molecule has 4 heteroatoms. The zero-order valence-corrected chi connectivity index (χ0v) is 71.3. The van der Waals surface area contributed by atoms with Crippen LogP contribution in [0.15, 0.2) is 510 Å². The summed E-state index contributed by atoms with van der Waals surface area (Å²) in [4.78, 5) is 4.65. The van der Waals surface area contributed by atoms with E-state index in [0.717, 1.165) is 45.5 Å². The average Bonchev–Trinajstić information content (AvgIpc) is 1.43. The Balaban J connectivity index is 0.000000145. The third-order valence-corrected chi connectivity index (χ3v) is 26.4. The zero-order valence-electron chi connectivity index (χ0n) is 71.3. The van der Waals surface area contributed by atoms with Gasteiger partial charge in [-0.1, -0.05) is 358 Å². The van der Waals surface area contributed by atoms with E-state index in [4.69, 9.17) is 0 Å². The molecule has 2 heterocycles. The van der Waals surface area contributed by atoms with Crippen LogP contribution in [0.25, 0.3) is 198 Å². The summed E-state index contributed by atoms with van der Waals surface area (Å²) in [6.45, 7) is 0. The number of fused-ring (bicyclic) bond motifs is 18. The van der Waals surface area contributed by atoms with Crippen LogP contribution in [0.4, 0.5) is 34.1 Å². The van der Waals surface area contributed by atoms with Crippen LogP contribution >= 0.6 is 0 Å². The molecule has 23 aromatic carbocycles. The van der Waals surface area contributed by atoms with Crippen molar-refractivity contribution in [2.75, 3.05) is 9.80 Å². The number of benzene rings is 23. The predicted octanol–water partition coefficient (Wildman–Crippen LogP) is 35.1. The fourth-order valence-electron chi connectivity index (χ4n) is 20.0. The molecule has 0 saturated carbocycles. The number of nitrogens with zero attached hydrogens (tertiary/aromatic N) is 4. The van der Waals surface area contributed by atoms with Gasteiger partial charge in [0.05, 0.1) is 22.1 Å². The van der Waals surface area contributed by atoms with Gasteiger partial charge in [-0.05, 0) is 294 Å². The summed E-state index contributed by atoms with van der Waals surface area (Å²) in [5, 5.41) is 20.4. The molecule has 608 valence electrons. The molecular weight excluding hydrogens is 1570 g/mol. The van der Waals surface area contributed by atoms with Crippen molar-refractivity contribution in [3.05, 3.63) is 510 Å². The summed E-state index contributed by atoms with van der Waals surface area (Å²) < 4.78 is 4.83. The van der Waals surface area contributed by atoms with Crippen molar-refractivity contribution < 1.29 is 0 Å². The summed E-state index contributed by atoms with van der Waals surface area (Å²) in [5.74, 6) is 0. The monoisotopic (exact) mass is 1650 g/mol. The lowest BCUT2D eigenvalue weighted by Crippen LogP contribution is -2.09. The van der Waals surface area contributed by atoms with E-state index in [1.54, 1.807) is 0 Å². The normalized spacial score (nSPS) is 11.5. The maximum absolute atomic E-state index is 2.43. The summed E-state index contributed by atoms with van der Waals surface area (Å²) in [6.07, 6.45) is 0. The summed E-state index contributed by atoms with van der Waals surface area (Å²) in [6, 6.07) is 186. The van der Waals surface area contributed by atoms with Crippen molar-refractivity contribution in [1.29, 1.82) is 0 Å². The first kappa shape index (κ1) is 76.5. The maximum atomic E-state index is 2.43. The van der Waals surface area contributed by atoms with E-state index < -0.39 is 0 Å². The van der Waals surface area contributed by atoms with E-state index >= 15 is 0 Å². The molecule has 0 unspecified atom stereocenters. The zero-order chi connectivity index (χ0) is 86.0. The van der Waals surface area contributed by atoms with Gasteiger partial charge in [-0.3, -0.25) is 0 Å². The Kier molecular flexibility index (Phi) is 19.3. The van der Waals surface area contributed by atoms with Crippen LogP contribution in [0, 0.1) is 0 Å². The summed E-state index contributed by atoms with van der Waals surface area (Å²) >= 11 is 0. The smallest absolute Gasteiger partial charge is 0.0541 e. The van der Waals surface area contributed by atoms with Gasteiger partial charge in [-0.25, -0.2) is 0 Å². The largest absolute Gasteiger partial charge is 0.311 e. The minimum Gasteiger partial charge on any atom is -0.311 e. The van der Waals surface area contributed by atoms with Crippen molar-refractivity contribution in [2.24, 2.45) is 0 Å². The van der Waals surface area contributed by atoms with E-state index in [9.17, 15) is 0 Å². The molecule has 2 aromatic heterocycles. The number of rotatable bonds is 15. The van der Waals surface area contributed by atoms with Crippen LogP contribution in [-0.4, -0.2) is 9.13 Å². The molecule has 0 aliphatic rings. The predicted molar refractivity (Wildman–Crippen MR) is 554 cm³/mol. The molecule has 0 amide bonds. The van der Waals surface area contributed by atoms with Crippen molar-refractivity contribution in [3.63, 3.8) is 0 Å². The molecule has 130 heavy (non-hydrogen) atoms. The quantitative estimate of drug-likeness (QED) is 0.0951. The molecule has 0 saturated heterocycles. The van der Waals surface area contributed by atoms with Crippen molar-refractivity contribution in [2.45, 2.75) is 0 Å². The minimum atomic E-state index is 1.10. The lowest BCUT2D eigenvalue weighted by molar-refractivity contribution is 1.18. The molecule has 0 bridgehead atoms. The Morgan fingerprint density at radius 2 is 0.285 bits per heavy atom. The average molecular weight is 1650 g/mol. The third-order valence-electron chi connectivity index (χ3n) is 26.4. The highest BCUT2D eigenvalue weighted by atomic mass is 15.1. The van der Waals surface area contributed by atoms with Gasteiger partial charge in [0, 0.05) is 67.0 Å². The first-order valence-electron chi connectivity index (χ1n) is 44.7. The SMILES string of the molecule is c1ccc(-c2ccc(N(c3ccccc3)c3ccc(-c4ccc5c(c4)c4cc(-c6ccccc6)ccc4n5-c4ccc(-c5ccc6c7ccccc7c7ccccc7c6c5)cc4)cc3)cc2)cc1.c1ccc(-c2ccc(N(c3ccccc3)c3ccc(-c4ccc5c(c4)c4ccccc4n5-c4ccc(-c5ccc6c7ccccc7c7ccccc7c6c5)cc4)cc3)cc2)cc1. The summed E-state index contributed by atoms with van der Waals surface area (Å²) in [7, 11) is 0. The molecule has 25 rings (SSSR count). The Morgan fingerprint density at radius 1 is 0.108 bits per heavy atom. The topological polar surface area (TPSA) is 16.3 Å². The number of para-hydroxylation sites is 3. The van der Waals surface area contributed by atoms with Crippen molar-refractivity contribution in [3.8, 4) is 89.3 Å². The highest BCUT2D eigenvalue weighted by Gasteiger charge is 2.22. The second kappa shape index (κ2) is 32.7. The Bertz CT molecular complexity index is 8500. The molecule has 0 N–H and O–H groups in total. The third kappa shape index (κ3) is 13.8. The van der Waals surface area contributed by atoms with Crippen LogP contribution in [-0.2, 0) is 0 Å². The molecule has 0 spiro atoms. The van der Waals surface area contributed by atoms with Crippen LogP contribution in [0.5, 0.6) is 0 Å². The van der Waals surface area contributed by atoms with Gasteiger partial charge in [0.25, 0.3) is 0 Å². The molecule has 25 aromatic rings. The Labute approximate surface area is 754 Å². The molecule has 0 atom stereocenters. The van der Waals surface area contributed by atoms with Crippen molar-refractivity contribution >= 4 is 142 Å². The van der Waals surface area contributed by atoms with Crippen LogP contribution in [0.2, 0.25) is 0 Å². The lowest BCUT2D eigenvalue weighted by atomic mass is 9.92. The fourth-order valence-corrected chi connectivity index (χ4v) is 20.0. The van der Waals surface area contributed by atoms with E-state index in [-0.39, 0.29) is 0 Å². The molecule has 4 nitrogen and oxygen atoms in total. The van der Waals surface area contributed by atoms with Gasteiger partial charge in [0.1, 0.15) is 0 Å². The first-order chi connectivity index (χ1) is 64.5. The number of aromatic nitrogens is 2. The Morgan fingerprint density at radius 3 is 0.585 bits per heavy atom. The van der Waals surface area contributed by atoms with Gasteiger partial charge in [0.2, 0.25) is 0 Å². The van der Waals surface area contributed by atoms with Crippen LogP contribution in [0.1, 0.15) is 0 Å². The highest BCUT2D eigenvalue weighted by Crippen LogP contribution is 2.46.